The molecule has 1 N–H and O–H groups in total. The second-order valence-corrected chi connectivity index (χ2v) is 7.25. The normalized spacial score (nSPS) is 16.8. The van der Waals surface area contributed by atoms with Crippen molar-refractivity contribution in [2.75, 3.05) is 13.1 Å². The molecule has 1 unspecified atom stereocenters. The summed E-state index contributed by atoms with van der Waals surface area (Å²) in [4.78, 5) is 26.3. The summed E-state index contributed by atoms with van der Waals surface area (Å²) >= 11 is 0. The second-order valence-electron chi connectivity index (χ2n) is 7.25. The van der Waals surface area contributed by atoms with Crippen LogP contribution in [0, 0.1) is 12.8 Å². The van der Waals surface area contributed by atoms with Crippen LogP contribution in [0.4, 0.5) is 0 Å². The lowest BCUT2D eigenvalue weighted by atomic mass is 10.1. The Morgan fingerprint density at radius 2 is 2.07 bits per heavy atom. The van der Waals surface area contributed by atoms with Gasteiger partial charge < -0.3 is 19.4 Å². The zero-order valence-electron chi connectivity index (χ0n) is 16.0. The van der Waals surface area contributed by atoms with Crippen LogP contribution < -0.4 is 10.1 Å². The van der Waals surface area contributed by atoms with Gasteiger partial charge >= 0.3 is 0 Å². The smallest absolute Gasteiger partial charge is 0.287 e. The number of nitrogens with zero attached hydrogens (tertiary/aromatic N) is 1. The molecule has 3 rings (SSSR count). The third-order valence-electron chi connectivity index (χ3n) is 4.71. The van der Waals surface area contributed by atoms with Crippen molar-refractivity contribution in [2.45, 2.75) is 39.8 Å². The number of hydrogen-bond donors (Lipinski definition) is 1. The fourth-order valence-corrected chi connectivity index (χ4v) is 3.28. The summed E-state index contributed by atoms with van der Waals surface area (Å²) in [5, 5.41) is 2.90. The monoisotopic (exact) mass is 370 g/mol. The molecule has 2 amide bonds. The van der Waals surface area contributed by atoms with Gasteiger partial charge in [-0.05, 0) is 39.0 Å². The molecule has 144 valence electrons. The lowest BCUT2D eigenvalue weighted by Gasteiger charge is -2.21. The molecule has 0 bridgehead atoms. The van der Waals surface area contributed by atoms with Crippen molar-refractivity contribution in [3.05, 3.63) is 53.5 Å². The number of para-hydroxylation sites is 1. The molecule has 1 saturated heterocycles. The summed E-state index contributed by atoms with van der Waals surface area (Å²) in [6.07, 6.45) is 0.478. The highest BCUT2D eigenvalue weighted by Gasteiger charge is 2.31. The molecule has 0 radical (unpaired) electrons. The van der Waals surface area contributed by atoms with Crippen LogP contribution in [0.1, 0.15) is 42.1 Å². The van der Waals surface area contributed by atoms with Crippen LogP contribution in [0.3, 0.4) is 0 Å². The van der Waals surface area contributed by atoms with Gasteiger partial charge in [-0.1, -0.05) is 18.2 Å². The van der Waals surface area contributed by atoms with Crippen molar-refractivity contribution >= 4 is 11.8 Å². The Morgan fingerprint density at radius 1 is 1.33 bits per heavy atom. The number of rotatable bonds is 7. The van der Waals surface area contributed by atoms with Crippen molar-refractivity contribution in [1.82, 2.24) is 10.2 Å². The first-order chi connectivity index (χ1) is 12.9. The van der Waals surface area contributed by atoms with Crippen molar-refractivity contribution in [2.24, 2.45) is 5.92 Å². The Labute approximate surface area is 159 Å². The van der Waals surface area contributed by atoms with Gasteiger partial charge in [0.2, 0.25) is 5.91 Å². The van der Waals surface area contributed by atoms with Gasteiger partial charge in [0.05, 0.1) is 0 Å². The zero-order chi connectivity index (χ0) is 19.4. The van der Waals surface area contributed by atoms with Crippen LogP contribution in [-0.4, -0.2) is 35.8 Å². The number of furan rings is 1. The van der Waals surface area contributed by atoms with Crippen LogP contribution in [0.2, 0.25) is 0 Å². The van der Waals surface area contributed by atoms with E-state index in [4.69, 9.17) is 9.15 Å². The number of benzene rings is 1. The molecule has 27 heavy (non-hydrogen) atoms. The molecule has 1 aliphatic heterocycles. The molecule has 1 aliphatic rings. The van der Waals surface area contributed by atoms with Gasteiger partial charge in [0.15, 0.2) is 5.76 Å². The van der Waals surface area contributed by atoms with Crippen LogP contribution in [0.15, 0.2) is 40.8 Å². The minimum absolute atomic E-state index is 0.139. The Hall–Kier alpha value is -2.76. The van der Waals surface area contributed by atoms with Crippen molar-refractivity contribution < 1.29 is 18.7 Å². The van der Waals surface area contributed by atoms with Crippen LogP contribution in [0.5, 0.6) is 5.75 Å². The molecule has 0 aliphatic carbocycles. The molecule has 0 spiro atoms. The largest absolute Gasteiger partial charge is 0.486 e. The first-order valence-corrected chi connectivity index (χ1v) is 9.29. The Bertz CT molecular complexity index is 798. The average Bonchev–Trinajstić information content (AvgIpc) is 3.21. The number of likely N-dealkylation sites (tertiary alicyclic amines) is 1. The summed E-state index contributed by atoms with van der Waals surface area (Å²) in [6, 6.07) is 11.5. The maximum Gasteiger partial charge on any atom is 0.287 e. The highest BCUT2D eigenvalue weighted by atomic mass is 16.5. The van der Waals surface area contributed by atoms with Crippen LogP contribution in [0.25, 0.3) is 0 Å². The highest BCUT2D eigenvalue weighted by molar-refractivity contribution is 5.93. The van der Waals surface area contributed by atoms with E-state index in [9.17, 15) is 9.59 Å². The van der Waals surface area contributed by atoms with Crippen molar-refractivity contribution in [3.8, 4) is 5.75 Å². The lowest BCUT2D eigenvalue weighted by molar-refractivity contribution is -0.129. The van der Waals surface area contributed by atoms with E-state index in [2.05, 4.69) is 5.32 Å². The van der Waals surface area contributed by atoms with E-state index in [1.54, 1.807) is 0 Å². The van der Waals surface area contributed by atoms with E-state index in [0.29, 0.717) is 31.0 Å². The molecule has 1 aromatic heterocycles. The van der Waals surface area contributed by atoms with Gasteiger partial charge in [-0.2, -0.15) is 0 Å². The van der Waals surface area contributed by atoms with Gasteiger partial charge in [-0.15, -0.1) is 0 Å². The third-order valence-corrected chi connectivity index (χ3v) is 4.71. The predicted molar refractivity (Wildman–Crippen MR) is 102 cm³/mol. The van der Waals surface area contributed by atoms with E-state index in [1.807, 2.05) is 62.1 Å². The molecule has 1 aromatic carbocycles. The molecule has 6 nitrogen and oxygen atoms in total. The van der Waals surface area contributed by atoms with Gasteiger partial charge in [0, 0.05) is 37.0 Å². The molecular weight excluding hydrogens is 344 g/mol. The number of nitrogens with one attached hydrogen (secondary N) is 1. The number of carbonyl (C=O) groups is 2. The Balaban J connectivity index is 1.53. The maximum absolute atomic E-state index is 12.5. The zero-order valence-corrected chi connectivity index (χ0v) is 16.0. The molecule has 1 fully saturated rings. The maximum atomic E-state index is 12.5. The molecular formula is C21H26N2O4. The molecule has 0 saturated carbocycles. The lowest BCUT2D eigenvalue weighted by Crippen LogP contribution is -2.34. The summed E-state index contributed by atoms with van der Waals surface area (Å²) in [5.41, 5.74) is 0.769. The third kappa shape index (κ3) is 4.70. The minimum atomic E-state index is -0.256. The highest BCUT2D eigenvalue weighted by Crippen LogP contribution is 2.21. The predicted octanol–water partition coefficient (Wildman–Crippen LogP) is 3.15. The van der Waals surface area contributed by atoms with Gasteiger partial charge in [-0.3, -0.25) is 9.59 Å². The van der Waals surface area contributed by atoms with Gasteiger partial charge in [-0.25, -0.2) is 0 Å². The number of aryl methyl sites for hydroxylation is 1. The number of ether oxygens (including phenoxy) is 1. The van der Waals surface area contributed by atoms with E-state index in [-0.39, 0.29) is 30.4 Å². The quantitative estimate of drug-likeness (QED) is 0.813. The molecule has 2 aromatic rings. The molecule has 1 atom stereocenters. The van der Waals surface area contributed by atoms with E-state index >= 15 is 0 Å². The number of amides is 2. The fourth-order valence-electron chi connectivity index (χ4n) is 3.28. The Morgan fingerprint density at radius 3 is 2.74 bits per heavy atom. The van der Waals surface area contributed by atoms with Crippen LogP contribution in [-0.2, 0) is 11.4 Å². The summed E-state index contributed by atoms with van der Waals surface area (Å²) < 4.78 is 11.3. The SMILES string of the molecule is Cc1cc(COc2ccccc2)oc1C(=O)NCC1CC(=O)N(C(C)C)C1. The van der Waals surface area contributed by atoms with Gasteiger partial charge in [0.25, 0.3) is 5.91 Å². The second kappa shape index (κ2) is 8.29. The first-order valence-electron chi connectivity index (χ1n) is 9.29. The molecule has 6 heteroatoms. The van der Waals surface area contributed by atoms with Crippen molar-refractivity contribution in [1.29, 1.82) is 0 Å². The topological polar surface area (TPSA) is 71.8 Å². The standard InChI is InChI=1S/C21H26N2O4/c1-14(2)23-12-16(10-19(23)24)11-22-21(25)20-15(3)9-18(27-20)13-26-17-7-5-4-6-8-17/h4-9,14,16H,10-13H2,1-3H3,(H,22,25). The van der Waals surface area contributed by atoms with Gasteiger partial charge in [0.1, 0.15) is 18.1 Å². The first kappa shape index (κ1) is 19.0. The summed E-state index contributed by atoms with van der Waals surface area (Å²) in [5.74, 6) is 1.68. The van der Waals surface area contributed by atoms with Crippen molar-refractivity contribution in [3.63, 3.8) is 0 Å². The number of carbonyl (C=O) groups excluding carboxylic acids is 2. The van der Waals surface area contributed by atoms with E-state index < -0.39 is 0 Å². The summed E-state index contributed by atoms with van der Waals surface area (Å²) in [6.45, 7) is 7.25. The van der Waals surface area contributed by atoms with E-state index in [1.165, 1.54) is 0 Å². The Kier molecular flexibility index (Phi) is 5.84. The summed E-state index contributed by atoms with van der Waals surface area (Å²) in [7, 11) is 0. The van der Waals surface area contributed by atoms with Crippen LogP contribution >= 0.6 is 0 Å². The minimum Gasteiger partial charge on any atom is -0.486 e. The number of hydrogen-bond acceptors (Lipinski definition) is 4. The van der Waals surface area contributed by atoms with E-state index in [0.717, 1.165) is 11.3 Å². The fraction of sp³-hybridized carbons (Fsp3) is 0.429. The molecule has 2 heterocycles. The average molecular weight is 370 g/mol.